The molecule has 1 N–H and O–H groups in total. The molecule has 1 aromatic rings. The van der Waals surface area contributed by atoms with E-state index < -0.39 is 0 Å². The van der Waals surface area contributed by atoms with Gasteiger partial charge in [-0.15, -0.1) is 6.58 Å². The van der Waals surface area contributed by atoms with Crippen LogP contribution in [0.2, 0.25) is 0 Å². The molecular formula is C17H27NO. The highest BCUT2D eigenvalue weighted by atomic mass is 16.7. The highest BCUT2D eigenvalue weighted by molar-refractivity contribution is 5.17. The molecule has 106 valence electrons. The molecule has 0 aliphatic rings. The van der Waals surface area contributed by atoms with Crippen LogP contribution in [-0.4, -0.2) is 6.04 Å². The molecule has 0 bridgehead atoms. The van der Waals surface area contributed by atoms with Crippen molar-refractivity contribution in [1.82, 2.24) is 5.48 Å². The molecule has 2 nitrogen and oxygen atoms in total. The number of hydroxylamine groups is 1. The Morgan fingerprint density at radius 2 is 1.95 bits per heavy atom. The van der Waals surface area contributed by atoms with E-state index in [-0.39, 0.29) is 6.10 Å². The summed E-state index contributed by atoms with van der Waals surface area (Å²) in [6.45, 7) is 10.4. The SMILES string of the molecule is C=CCC(NO[C@H](CCC)c1ccccc1)C(C)C. The van der Waals surface area contributed by atoms with Gasteiger partial charge in [-0.05, 0) is 24.3 Å². The molecule has 0 aliphatic carbocycles. The average Bonchev–Trinajstić information content (AvgIpc) is 2.42. The zero-order valence-electron chi connectivity index (χ0n) is 12.4. The summed E-state index contributed by atoms with van der Waals surface area (Å²) in [4.78, 5) is 5.95. The van der Waals surface area contributed by atoms with Crippen molar-refractivity contribution in [3.05, 3.63) is 48.6 Å². The summed E-state index contributed by atoms with van der Waals surface area (Å²) in [5.41, 5.74) is 4.47. The van der Waals surface area contributed by atoms with E-state index in [1.54, 1.807) is 0 Å². The number of nitrogens with one attached hydrogen (secondary N) is 1. The lowest BCUT2D eigenvalue weighted by molar-refractivity contribution is -0.0569. The molecule has 0 amide bonds. The minimum Gasteiger partial charge on any atom is -0.293 e. The Balaban J connectivity index is 2.61. The van der Waals surface area contributed by atoms with Crippen LogP contribution in [0.4, 0.5) is 0 Å². The first-order valence-electron chi connectivity index (χ1n) is 7.26. The predicted molar refractivity (Wildman–Crippen MR) is 81.8 cm³/mol. The summed E-state index contributed by atoms with van der Waals surface area (Å²) in [6.07, 6.45) is 5.12. The smallest absolute Gasteiger partial charge is 0.104 e. The maximum absolute atomic E-state index is 5.95. The van der Waals surface area contributed by atoms with Crippen LogP contribution in [0.15, 0.2) is 43.0 Å². The molecule has 1 aromatic carbocycles. The van der Waals surface area contributed by atoms with Crippen molar-refractivity contribution in [2.24, 2.45) is 5.92 Å². The van der Waals surface area contributed by atoms with Crippen LogP contribution in [-0.2, 0) is 4.84 Å². The number of benzene rings is 1. The van der Waals surface area contributed by atoms with E-state index in [4.69, 9.17) is 4.84 Å². The molecule has 2 heteroatoms. The second-order valence-corrected chi connectivity index (χ2v) is 5.30. The summed E-state index contributed by atoms with van der Waals surface area (Å²) >= 11 is 0. The molecule has 1 unspecified atom stereocenters. The Bertz CT molecular complexity index is 348. The van der Waals surface area contributed by atoms with Gasteiger partial charge in [0.1, 0.15) is 6.10 Å². The van der Waals surface area contributed by atoms with Crippen LogP contribution < -0.4 is 5.48 Å². The first-order valence-corrected chi connectivity index (χ1v) is 7.26. The zero-order valence-corrected chi connectivity index (χ0v) is 12.4. The van der Waals surface area contributed by atoms with E-state index in [0.29, 0.717) is 12.0 Å². The summed E-state index contributed by atoms with van der Waals surface area (Å²) in [6, 6.07) is 10.7. The van der Waals surface area contributed by atoms with Gasteiger partial charge in [0.25, 0.3) is 0 Å². The second kappa shape index (κ2) is 8.89. The van der Waals surface area contributed by atoms with Gasteiger partial charge < -0.3 is 0 Å². The maximum Gasteiger partial charge on any atom is 0.104 e. The number of rotatable bonds is 9. The molecule has 0 radical (unpaired) electrons. The van der Waals surface area contributed by atoms with E-state index in [2.05, 4.69) is 57.1 Å². The minimum absolute atomic E-state index is 0.122. The van der Waals surface area contributed by atoms with E-state index >= 15 is 0 Å². The van der Waals surface area contributed by atoms with Crippen molar-refractivity contribution in [1.29, 1.82) is 0 Å². The summed E-state index contributed by atoms with van der Waals surface area (Å²) in [7, 11) is 0. The van der Waals surface area contributed by atoms with Crippen molar-refractivity contribution in [2.45, 2.75) is 52.2 Å². The molecule has 0 aromatic heterocycles. The first-order chi connectivity index (χ1) is 9.19. The summed E-state index contributed by atoms with van der Waals surface area (Å²) < 4.78 is 0. The molecular weight excluding hydrogens is 234 g/mol. The molecule has 0 aliphatic heterocycles. The third kappa shape index (κ3) is 5.58. The number of hydrogen-bond donors (Lipinski definition) is 1. The Hall–Kier alpha value is -1.12. The first kappa shape index (κ1) is 15.9. The lowest BCUT2D eigenvalue weighted by atomic mass is 10.0. The average molecular weight is 261 g/mol. The second-order valence-electron chi connectivity index (χ2n) is 5.30. The van der Waals surface area contributed by atoms with Crippen LogP contribution >= 0.6 is 0 Å². The summed E-state index contributed by atoms with van der Waals surface area (Å²) in [5.74, 6) is 0.524. The highest BCUT2D eigenvalue weighted by Crippen LogP contribution is 2.22. The molecule has 1 rings (SSSR count). The molecule has 19 heavy (non-hydrogen) atoms. The van der Waals surface area contributed by atoms with Gasteiger partial charge in [0, 0.05) is 6.04 Å². The standard InChI is InChI=1S/C17H27NO/c1-5-10-16(14(3)4)18-19-17(11-6-2)15-12-8-7-9-13-15/h5,7-9,12-14,16-18H,1,6,10-11H2,2-4H3/t16?,17-/m1/s1. The van der Waals surface area contributed by atoms with Crippen molar-refractivity contribution >= 4 is 0 Å². The van der Waals surface area contributed by atoms with Gasteiger partial charge in [0.15, 0.2) is 0 Å². The largest absolute Gasteiger partial charge is 0.293 e. The normalized spacial score (nSPS) is 14.3. The van der Waals surface area contributed by atoms with E-state index in [9.17, 15) is 0 Å². The van der Waals surface area contributed by atoms with Crippen LogP contribution in [0.3, 0.4) is 0 Å². The molecule has 0 saturated carbocycles. The predicted octanol–water partition coefficient (Wildman–Crippen LogP) is 4.65. The maximum atomic E-state index is 5.95. The van der Waals surface area contributed by atoms with Gasteiger partial charge in [-0.25, -0.2) is 0 Å². The topological polar surface area (TPSA) is 21.3 Å². The molecule has 0 saturated heterocycles. The molecule has 2 atom stereocenters. The summed E-state index contributed by atoms with van der Waals surface area (Å²) in [5, 5.41) is 0. The van der Waals surface area contributed by atoms with Crippen molar-refractivity contribution < 1.29 is 4.84 Å². The Morgan fingerprint density at radius 1 is 1.26 bits per heavy atom. The zero-order chi connectivity index (χ0) is 14.1. The molecule has 0 fully saturated rings. The van der Waals surface area contributed by atoms with Gasteiger partial charge in [0.2, 0.25) is 0 Å². The van der Waals surface area contributed by atoms with Crippen LogP contribution in [0.5, 0.6) is 0 Å². The lowest BCUT2D eigenvalue weighted by Crippen LogP contribution is -2.34. The van der Waals surface area contributed by atoms with Crippen LogP contribution in [0.1, 0.15) is 51.7 Å². The van der Waals surface area contributed by atoms with E-state index in [1.165, 1.54) is 5.56 Å². The third-order valence-electron chi connectivity index (χ3n) is 3.31. The van der Waals surface area contributed by atoms with Crippen molar-refractivity contribution in [2.75, 3.05) is 0 Å². The van der Waals surface area contributed by atoms with E-state index in [0.717, 1.165) is 19.3 Å². The van der Waals surface area contributed by atoms with Crippen molar-refractivity contribution in [3.8, 4) is 0 Å². The lowest BCUT2D eigenvalue weighted by Gasteiger charge is -2.25. The highest BCUT2D eigenvalue weighted by Gasteiger charge is 2.16. The Kier molecular flexibility index (Phi) is 7.46. The fraction of sp³-hybridized carbons (Fsp3) is 0.529. The minimum atomic E-state index is 0.122. The quantitative estimate of drug-likeness (QED) is 0.516. The third-order valence-corrected chi connectivity index (χ3v) is 3.31. The van der Waals surface area contributed by atoms with Crippen LogP contribution in [0.25, 0.3) is 0 Å². The number of hydrogen-bond acceptors (Lipinski definition) is 2. The molecule has 0 heterocycles. The fourth-order valence-corrected chi connectivity index (χ4v) is 2.03. The molecule has 0 spiro atoms. The van der Waals surface area contributed by atoms with Crippen LogP contribution in [0, 0.1) is 5.92 Å². The van der Waals surface area contributed by atoms with Gasteiger partial charge in [0.05, 0.1) is 0 Å². The van der Waals surface area contributed by atoms with Gasteiger partial charge in [-0.1, -0.05) is 63.6 Å². The Morgan fingerprint density at radius 3 is 2.47 bits per heavy atom. The fourth-order valence-electron chi connectivity index (χ4n) is 2.03. The van der Waals surface area contributed by atoms with Crippen molar-refractivity contribution in [3.63, 3.8) is 0 Å². The van der Waals surface area contributed by atoms with Gasteiger partial charge in [-0.2, -0.15) is 5.48 Å². The van der Waals surface area contributed by atoms with Gasteiger partial charge in [-0.3, -0.25) is 4.84 Å². The monoisotopic (exact) mass is 261 g/mol. The Labute approximate surface area is 117 Å². The van der Waals surface area contributed by atoms with Gasteiger partial charge >= 0.3 is 0 Å². The van der Waals surface area contributed by atoms with E-state index in [1.807, 2.05) is 12.1 Å².